The maximum absolute atomic E-state index is 1.61. The van der Waals surface area contributed by atoms with Crippen LogP contribution >= 0.6 is 17.2 Å². The third-order valence-corrected chi connectivity index (χ3v) is 11.9. The van der Waals surface area contributed by atoms with Gasteiger partial charge in [-0.1, -0.05) is 32.1 Å². The zero-order valence-corrected chi connectivity index (χ0v) is 15.8. The molecule has 0 aromatic heterocycles. The van der Waals surface area contributed by atoms with E-state index in [0.717, 1.165) is 21.6 Å². The van der Waals surface area contributed by atoms with Gasteiger partial charge in [-0.05, 0) is 85.8 Å². The van der Waals surface area contributed by atoms with Gasteiger partial charge in [0.1, 0.15) is 0 Å². The van der Waals surface area contributed by atoms with Gasteiger partial charge in [-0.25, -0.2) is 0 Å². The molecule has 4 aliphatic heterocycles. The molecule has 4 saturated heterocycles. The molecule has 4 aliphatic rings. The van der Waals surface area contributed by atoms with Crippen LogP contribution in [-0.2, 0) is 0 Å². The van der Waals surface area contributed by atoms with Crippen molar-refractivity contribution in [2.24, 2.45) is 0 Å². The van der Waals surface area contributed by atoms with Gasteiger partial charge in [0, 0.05) is 0 Å². The summed E-state index contributed by atoms with van der Waals surface area (Å²) >= 11 is 0. The van der Waals surface area contributed by atoms with E-state index >= 15 is 0 Å². The van der Waals surface area contributed by atoms with E-state index in [9.17, 15) is 0 Å². The van der Waals surface area contributed by atoms with Crippen LogP contribution in [0.5, 0.6) is 0 Å². The van der Waals surface area contributed by atoms with Crippen LogP contribution in [-0.4, -0.2) is 21.6 Å². The Hall–Kier alpha value is 0.860. The van der Waals surface area contributed by atoms with Gasteiger partial charge in [0.2, 0.25) is 0 Å². The van der Waals surface area contributed by atoms with Crippen LogP contribution < -0.4 is 0 Å². The molecule has 4 fully saturated rings. The first kappa shape index (κ1) is 15.4. The third kappa shape index (κ3) is 3.38. The molecule has 4 bridgehead atoms. The smallest absolute Gasteiger partial charge is 0.0119 e. The average molecular weight is 324 g/mol. The Kier molecular flexibility index (Phi) is 4.69. The molecule has 0 aromatic rings. The lowest BCUT2D eigenvalue weighted by Crippen LogP contribution is -2.36. The molecule has 21 heavy (non-hydrogen) atoms. The van der Waals surface area contributed by atoms with Crippen LogP contribution in [0.2, 0.25) is 0 Å². The predicted molar refractivity (Wildman–Crippen MR) is 98.9 cm³/mol. The van der Waals surface area contributed by atoms with Crippen molar-refractivity contribution in [1.82, 2.24) is 0 Å². The van der Waals surface area contributed by atoms with Crippen molar-refractivity contribution >= 4 is 17.2 Å². The minimum atomic E-state index is 0.851. The zero-order valence-electron chi connectivity index (χ0n) is 13.8. The van der Waals surface area contributed by atoms with Crippen molar-refractivity contribution in [3.8, 4) is 0 Å². The Morgan fingerprint density at radius 2 is 1.00 bits per heavy atom. The fraction of sp³-hybridized carbons (Fsp3) is 1.00. The molecule has 0 radical (unpaired) electrons. The van der Waals surface area contributed by atoms with Gasteiger partial charge in [0.25, 0.3) is 0 Å². The molecular weight excluding hydrogens is 290 g/mol. The number of hydrogen-bond donors (Lipinski definition) is 0. The highest BCUT2D eigenvalue weighted by Gasteiger charge is 2.41. The van der Waals surface area contributed by atoms with E-state index in [1.54, 1.807) is 96.3 Å². The number of rotatable bonds is 4. The van der Waals surface area contributed by atoms with Gasteiger partial charge in [0.05, 0.1) is 0 Å². The highest BCUT2D eigenvalue weighted by atomic mass is 31.1. The van der Waals surface area contributed by atoms with Crippen molar-refractivity contribution in [3.05, 3.63) is 0 Å². The van der Waals surface area contributed by atoms with Gasteiger partial charge in [-0.15, -0.1) is 17.2 Å². The van der Waals surface area contributed by atoms with Crippen LogP contribution in [0.3, 0.4) is 0 Å². The monoisotopic (exact) mass is 324 g/mol. The molecule has 0 N–H and O–H groups in total. The van der Waals surface area contributed by atoms with Gasteiger partial charge in [-0.3, -0.25) is 0 Å². The van der Waals surface area contributed by atoms with E-state index in [4.69, 9.17) is 0 Å². The van der Waals surface area contributed by atoms with Crippen molar-refractivity contribution in [2.45, 2.75) is 118 Å². The van der Waals surface area contributed by atoms with E-state index in [0.29, 0.717) is 0 Å². The van der Waals surface area contributed by atoms with Crippen molar-refractivity contribution in [1.29, 1.82) is 0 Å². The quantitative estimate of drug-likeness (QED) is 0.520. The normalized spacial score (nSPS) is 48.6. The molecule has 2 heteroatoms. The minimum Gasteiger partial charge on any atom is -0.112 e. The van der Waals surface area contributed by atoms with Crippen molar-refractivity contribution < 1.29 is 0 Å². The lowest BCUT2D eigenvalue weighted by atomic mass is 9.81. The predicted octanol–water partition coefficient (Wildman–Crippen LogP) is 6.46. The molecule has 4 heterocycles. The summed E-state index contributed by atoms with van der Waals surface area (Å²) < 4.78 is 0. The van der Waals surface area contributed by atoms with Crippen LogP contribution in [0, 0.1) is 0 Å². The van der Waals surface area contributed by atoms with E-state index in [2.05, 4.69) is 0 Å². The van der Waals surface area contributed by atoms with E-state index in [1.807, 2.05) is 0 Å². The summed E-state index contributed by atoms with van der Waals surface area (Å²) in [6.45, 7) is 0. The third-order valence-electron chi connectivity index (χ3n) is 7.16. The second-order valence-electron chi connectivity index (χ2n) is 8.67. The number of hydrogen-bond acceptors (Lipinski definition) is 0. The summed E-state index contributed by atoms with van der Waals surface area (Å²) in [5.74, 6) is 0. The minimum absolute atomic E-state index is 0.851. The molecule has 0 nitrogen and oxygen atoms in total. The molecule has 2 atom stereocenters. The highest BCUT2D eigenvalue weighted by molar-refractivity contribution is 7.41. The van der Waals surface area contributed by atoms with Crippen molar-refractivity contribution in [3.63, 3.8) is 0 Å². The molecule has 0 aliphatic carbocycles. The highest BCUT2D eigenvalue weighted by Crippen LogP contribution is 2.59. The Morgan fingerprint density at radius 1 is 0.619 bits per heavy atom. The molecule has 2 unspecified atom stereocenters. The van der Waals surface area contributed by atoms with E-state index < -0.39 is 0 Å². The fourth-order valence-corrected chi connectivity index (χ4v) is 11.2. The Labute approximate surface area is 135 Å². The first-order valence-corrected chi connectivity index (χ1v) is 12.0. The Bertz CT molecular complexity index is 311. The molecule has 120 valence electrons. The molecule has 0 spiro atoms. The average Bonchev–Trinajstić information content (AvgIpc) is 2.47. The van der Waals surface area contributed by atoms with E-state index in [-0.39, 0.29) is 0 Å². The van der Waals surface area contributed by atoms with Gasteiger partial charge < -0.3 is 0 Å². The lowest BCUT2D eigenvalue weighted by molar-refractivity contribution is 0.320. The Morgan fingerprint density at radius 3 is 1.38 bits per heavy atom. The topological polar surface area (TPSA) is 0 Å². The van der Waals surface area contributed by atoms with Crippen LogP contribution in [0.1, 0.15) is 96.3 Å². The second-order valence-corrected chi connectivity index (χ2v) is 13.0. The molecule has 0 amide bonds. The summed E-state index contributed by atoms with van der Waals surface area (Å²) in [4.78, 5) is 0. The maximum Gasteiger partial charge on any atom is -0.0119 e. The van der Waals surface area contributed by atoms with Crippen LogP contribution in [0.4, 0.5) is 0 Å². The summed E-state index contributed by atoms with van der Waals surface area (Å²) in [6, 6.07) is 0. The standard InChI is InChI=1S/C19H34P2/c1-6-16-7-2-11-18(10-1,20-16)14-5-15-19-12-3-8-17(21-19)9-4-13-19/h16-17,20-21H,1-15H2. The summed E-state index contributed by atoms with van der Waals surface area (Å²) in [7, 11) is 2.69. The lowest BCUT2D eigenvalue weighted by Gasteiger charge is -2.48. The van der Waals surface area contributed by atoms with Crippen LogP contribution in [0.25, 0.3) is 0 Å². The molecule has 4 rings (SSSR count). The summed E-state index contributed by atoms with van der Waals surface area (Å²) in [6.07, 6.45) is 23.7. The molecule has 0 saturated carbocycles. The maximum atomic E-state index is 1.61. The SMILES string of the molecule is C1CC2CCCC(CCCC34CCCC(CCC3)P4)(C1)P2. The van der Waals surface area contributed by atoms with E-state index in [1.165, 1.54) is 17.2 Å². The molecular formula is C19H34P2. The zero-order chi connectivity index (χ0) is 14.2. The van der Waals surface area contributed by atoms with Gasteiger partial charge >= 0.3 is 0 Å². The first-order chi connectivity index (χ1) is 10.3. The fourth-order valence-electron chi connectivity index (χ4n) is 6.14. The van der Waals surface area contributed by atoms with Gasteiger partial charge in [0.15, 0.2) is 0 Å². The van der Waals surface area contributed by atoms with Crippen molar-refractivity contribution in [2.75, 3.05) is 0 Å². The number of fused-ring (bicyclic) bond motifs is 4. The van der Waals surface area contributed by atoms with Crippen LogP contribution in [0.15, 0.2) is 0 Å². The first-order valence-electron chi connectivity index (χ1n) is 9.83. The molecule has 0 aromatic carbocycles. The Balaban J connectivity index is 1.32. The van der Waals surface area contributed by atoms with Gasteiger partial charge in [-0.2, -0.15) is 0 Å². The largest absolute Gasteiger partial charge is 0.112 e. The summed E-state index contributed by atoms with van der Waals surface area (Å²) in [5, 5.41) is 1.70. The second kappa shape index (κ2) is 6.40. The summed E-state index contributed by atoms with van der Waals surface area (Å²) in [5.41, 5.74) is 2.31.